The Hall–Kier alpha value is -2.41. The maximum atomic E-state index is 13.1. The molecule has 0 saturated carbocycles. The monoisotopic (exact) mass is 425 g/mol. The van der Waals surface area contributed by atoms with E-state index in [1.165, 1.54) is 0 Å². The number of nitrogens with zero attached hydrogens (tertiary/aromatic N) is 4. The molecule has 4 heterocycles. The van der Waals surface area contributed by atoms with E-state index >= 15 is 0 Å². The number of pyridine rings is 1. The highest BCUT2D eigenvalue weighted by molar-refractivity contribution is 5.76. The zero-order valence-corrected chi connectivity index (χ0v) is 19.0. The molecule has 2 atom stereocenters. The largest absolute Gasteiger partial charge is 0.361 e. The minimum absolute atomic E-state index is 0.0388. The topological polar surface area (TPSA) is 74.5 Å². The Kier molecular flexibility index (Phi) is 6.60. The van der Waals surface area contributed by atoms with Crippen LogP contribution in [0.1, 0.15) is 45.1 Å². The molecule has 0 unspecified atom stereocenters. The van der Waals surface area contributed by atoms with E-state index in [-0.39, 0.29) is 11.3 Å². The molecule has 0 aliphatic carbocycles. The quantitative estimate of drug-likeness (QED) is 0.794. The first kappa shape index (κ1) is 21.8. The standard InChI is InChI=1S/C24H35N5O2/c1-24(2,3)21-16-20(27-31-21)14-19-17-25-9-7-18(19)15-23(30)29-12-10-28(11-13-29)22-6-4-5-8-26-22/h4-6,8,16,18-19,25H,7,9-15,17H2,1-3H3/t18-,19-/m0/s1. The van der Waals surface area contributed by atoms with Gasteiger partial charge in [0, 0.05) is 50.3 Å². The Morgan fingerprint density at radius 3 is 2.68 bits per heavy atom. The maximum Gasteiger partial charge on any atom is 0.222 e. The van der Waals surface area contributed by atoms with Gasteiger partial charge in [0.25, 0.3) is 0 Å². The van der Waals surface area contributed by atoms with Gasteiger partial charge in [-0.15, -0.1) is 0 Å². The summed E-state index contributed by atoms with van der Waals surface area (Å²) >= 11 is 0. The number of anilines is 1. The van der Waals surface area contributed by atoms with Gasteiger partial charge in [-0.05, 0) is 49.9 Å². The van der Waals surface area contributed by atoms with E-state index in [0.29, 0.717) is 18.3 Å². The van der Waals surface area contributed by atoms with Crippen molar-refractivity contribution < 1.29 is 9.32 Å². The second-order valence-electron chi connectivity index (χ2n) is 9.91. The first-order chi connectivity index (χ1) is 14.9. The zero-order valence-electron chi connectivity index (χ0n) is 19.0. The molecule has 1 N–H and O–H groups in total. The van der Waals surface area contributed by atoms with Crippen LogP contribution in [0.4, 0.5) is 5.82 Å². The summed E-state index contributed by atoms with van der Waals surface area (Å²) < 4.78 is 5.57. The average Bonchev–Trinajstić information content (AvgIpc) is 3.25. The van der Waals surface area contributed by atoms with Gasteiger partial charge in [0.15, 0.2) is 0 Å². The number of hydrogen-bond donors (Lipinski definition) is 1. The van der Waals surface area contributed by atoms with Gasteiger partial charge in [0.2, 0.25) is 5.91 Å². The maximum absolute atomic E-state index is 13.1. The molecular formula is C24H35N5O2. The Labute approximate surface area is 185 Å². The molecular weight excluding hydrogens is 390 g/mol. The lowest BCUT2D eigenvalue weighted by molar-refractivity contribution is -0.133. The fourth-order valence-electron chi connectivity index (χ4n) is 4.59. The van der Waals surface area contributed by atoms with Crippen molar-refractivity contribution in [2.75, 3.05) is 44.2 Å². The molecule has 7 heteroatoms. The molecule has 0 bridgehead atoms. The van der Waals surface area contributed by atoms with Gasteiger partial charge in [-0.3, -0.25) is 4.79 Å². The fourth-order valence-corrected chi connectivity index (χ4v) is 4.59. The number of carbonyl (C=O) groups is 1. The summed E-state index contributed by atoms with van der Waals surface area (Å²) in [6.07, 6.45) is 4.34. The van der Waals surface area contributed by atoms with Crippen molar-refractivity contribution in [2.24, 2.45) is 11.8 Å². The summed E-state index contributed by atoms with van der Waals surface area (Å²) in [4.78, 5) is 21.8. The Balaban J connectivity index is 1.32. The molecule has 2 aromatic heterocycles. The van der Waals surface area contributed by atoms with Crippen molar-refractivity contribution in [3.05, 3.63) is 41.9 Å². The SMILES string of the molecule is CC(C)(C)c1cc(C[C@H]2CNCC[C@H]2CC(=O)N2CCN(c3ccccn3)CC2)no1. The van der Waals surface area contributed by atoms with Crippen LogP contribution in [0.15, 0.2) is 35.0 Å². The number of nitrogens with one attached hydrogen (secondary N) is 1. The zero-order chi connectivity index (χ0) is 21.8. The first-order valence-corrected chi connectivity index (χ1v) is 11.5. The van der Waals surface area contributed by atoms with Gasteiger partial charge in [0.05, 0.1) is 5.69 Å². The number of aromatic nitrogens is 2. The molecule has 1 amide bonds. The number of hydrogen-bond acceptors (Lipinski definition) is 6. The van der Waals surface area contributed by atoms with Crippen molar-refractivity contribution in [3.8, 4) is 0 Å². The van der Waals surface area contributed by atoms with Crippen molar-refractivity contribution in [3.63, 3.8) is 0 Å². The van der Waals surface area contributed by atoms with E-state index < -0.39 is 0 Å². The summed E-state index contributed by atoms with van der Waals surface area (Å²) in [5, 5.41) is 7.81. The minimum Gasteiger partial charge on any atom is -0.361 e. The predicted molar refractivity (Wildman–Crippen MR) is 121 cm³/mol. The van der Waals surface area contributed by atoms with Crippen LogP contribution in [0.3, 0.4) is 0 Å². The third-order valence-corrected chi connectivity index (χ3v) is 6.58. The molecule has 2 aliphatic rings. The molecule has 2 aromatic rings. The van der Waals surface area contributed by atoms with Crippen molar-refractivity contribution in [1.29, 1.82) is 0 Å². The number of amides is 1. The fraction of sp³-hybridized carbons (Fsp3) is 0.625. The molecule has 7 nitrogen and oxygen atoms in total. The highest BCUT2D eigenvalue weighted by Gasteiger charge is 2.31. The third kappa shape index (κ3) is 5.45. The molecule has 0 aromatic carbocycles. The Morgan fingerprint density at radius 1 is 1.19 bits per heavy atom. The molecule has 2 saturated heterocycles. The Bertz CT molecular complexity index is 852. The molecule has 2 aliphatic heterocycles. The van der Waals surface area contributed by atoms with Crippen LogP contribution in [0.25, 0.3) is 0 Å². The lowest BCUT2D eigenvalue weighted by Gasteiger charge is -2.37. The molecule has 168 valence electrons. The number of rotatable bonds is 5. The summed E-state index contributed by atoms with van der Waals surface area (Å²) in [6, 6.07) is 8.06. The number of piperidine rings is 1. The predicted octanol–water partition coefficient (Wildman–Crippen LogP) is 2.87. The molecule has 4 rings (SSSR count). The van der Waals surface area contributed by atoms with Gasteiger partial charge >= 0.3 is 0 Å². The normalized spacial score (nSPS) is 22.5. The summed E-state index contributed by atoms with van der Waals surface area (Å²) in [5.74, 6) is 3.00. The lowest BCUT2D eigenvalue weighted by atomic mass is 9.80. The van der Waals surface area contributed by atoms with Crippen LogP contribution < -0.4 is 10.2 Å². The summed E-state index contributed by atoms with van der Waals surface area (Å²) in [7, 11) is 0. The van der Waals surface area contributed by atoms with Crippen LogP contribution in [-0.4, -0.2) is 60.2 Å². The van der Waals surface area contributed by atoms with E-state index in [0.717, 1.165) is 69.4 Å². The van der Waals surface area contributed by atoms with E-state index in [4.69, 9.17) is 4.52 Å². The number of carbonyl (C=O) groups excluding carboxylic acids is 1. The van der Waals surface area contributed by atoms with Gasteiger partial charge in [0.1, 0.15) is 11.6 Å². The summed E-state index contributed by atoms with van der Waals surface area (Å²) in [6.45, 7) is 11.5. The second-order valence-corrected chi connectivity index (χ2v) is 9.91. The summed E-state index contributed by atoms with van der Waals surface area (Å²) in [5.41, 5.74) is 0.961. The number of piperazine rings is 1. The van der Waals surface area contributed by atoms with E-state index in [1.807, 2.05) is 29.3 Å². The highest BCUT2D eigenvalue weighted by atomic mass is 16.5. The lowest BCUT2D eigenvalue weighted by Crippen LogP contribution is -2.50. The Morgan fingerprint density at radius 2 is 2.00 bits per heavy atom. The second kappa shape index (κ2) is 9.39. The van der Waals surface area contributed by atoms with E-state index in [2.05, 4.69) is 47.2 Å². The molecule has 31 heavy (non-hydrogen) atoms. The highest BCUT2D eigenvalue weighted by Crippen LogP contribution is 2.29. The van der Waals surface area contributed by atoms with Crippen molar-refractivity contribution in [2.45, 2.75) is 45.4 Å². The smallest absolute Gasteiger partial charge is 0.222 e. The minimum atomic E-state index is -0.0388. The molecule has 2 fully saturated rings. The first-order valence-electron chi connectivity index (χ1n) is 11.5. The van der Waals surface area contributed by atoms with Gasteiger partial charge in [-0.25, -0.2) is 4.98 Å². The van der Waals surface area contributed by atoms with Crippen LogP contribution in [-0.2, 0) is 16.6 Å². The van der Waals surface area contributed by atoms with Crippen LogP contribution >= 0.6 is 0 Å². The third-order valence-electron chi connectivity index (χ3n) is 6.58. The van der Waals surface area contributed by atoms with Crippen LogP contribution in [0, 0.1) is 11.8 Å². The van der Waals surface area contributed by atoms with E-state index in [1.54, 1.807) is 0 Å². The molecule has 0 radical (unpaired) electrons. The van der Waals surface area contributed by atoms with Gasteiger partial charge in [-0.2, -0.15) is 0 Å². The van der Waals surface area contributed by atoms with E-state index in [9.17, 15) is 4.79 Å². The van der Waals surface area contributed by atoms with Gasteiger partial charge < -0.3 is 19.6 Å². The van der Waals surface area contributed by atoms with Crippen LogP contribution in [0.2, 0.25) is 0 Å². The van der Waals surface area contributed by atoms with Crippen molar-refractivity contribution >= 4 is 11.7 Å². The molecule has 0 spiro atoms. The average molecular weight is 426 g/mol. The van der Waals surface area contributed by atoms with Crippen LogP contribution in [0.5, 0.6) is 0 Å². The van der Waals surface area contributed by atoms with Crippen molar-refractivity contribution in [1.82, 2.24) is 20.4 Å². The van der Waals surface area contributed by atoms with Gasteiger partial charge in [-0.1, -0.05) is 32.0 Å².